The molecule has 0 unspecified atom stereocenters. The van der Waals surface area contributed by atoms with Gasteiger partial charge in [0.15, 0.2) is 4.34 Å². The van der Waals surface area contributed by atoms with E-state index in [1.165, 1.54) is 15.3 Å². The summed E-state index contributed by atoms with van der Waals surface area (Å²) in [7, 11) is 0. The van der Waals surface area contributed by atoms with Gasteiger partial charge >= 0.3 is 0 Å². The number of benzene rings is 1. The number of nitrogens with zero attached hydrogens (tertiary/aromatic N) is 1. The van der Waals surface area contributed by atoms with Gasteiger partial charge in [-0.3, -0.25) is 0 Å². The number of aryl methyl sites for hydroxylation is 1. The number of aromatic nitrogens is 1. The minimum atomic E-state index is 0.965. The Bertz CT molecular complexity index is 565. The van der Waals surface area contributed by atoms with E-state index in [9.17, 15) is 0 Å². The summed E-state index contributed by atoms with van der Waals surface area (Å²) in [6, 6.07) is 8.50. The molecule has 2 aromatic rings. The standard InChI is InChI=1S/C15H15NS2/c1-4-6-14-13(5-2)16-15(18-14)17-12-9-7-11(3)8-10-12/h4-10H,2H2,1,3H3/b6-4-. The molecule has 0 radical (unpaired) electrons. The Morgan fingerprint density at radius 3 is 2.61 bits per heavy atom. The molecule has 2 rings (SSSR count). The van der Waals surface area contributed by atoms with Gasteiger partial charge in [0.2, 0.25) is 0 Å². The Morgan fingerprint density at radius 1 is 1.28 bits per heavy atom. The van der Waals surface area contributed by atoms with Crippen molar-refractivity contribution in [3.63, 3.8) is 0 Å². The predicted octanol–water partition coefficient (Wildman–Crippen LogP) is 5.28. The van der Waals surface area contributed by atoms with Crippen LogP contribution < -0.4 is 0 Å². The van der Waals surface area contributed by atoms with Gasteiger partial charge in [0.25, 0.3) is 0 Å². The van der Waals surface area contributed by atoms with Crippen LogP contribution in [0, 0.1) is 6.92 Å². The zero-order chi connectivity index (χ0) is 13.0. The molecular formula is C15H15NS2. The predicted molar refractivity (Wildman–Crippen MR) is 82.2 cm³/mol. The summed E-state index contributed by atoms with van der Waals surface area (Å²) >= 11 is 3.40. The van der Waals surface area contributed by atoms with Crippen LogP contribution in [-0.2, 0) is 0 Å². The van der Waals surface area contributed by atoms with Crippen LogP contribution >= 0.6 is 23.1 Å². The van der Waals surface area contributed by atoms with Crippen LogP contribution in [-0.4, -0.2) is 4.98 Å². The van der Waals surface area contributed by atoms with Gasteiger partial charge in [-0.2, -0.15) is 0 Å². The topological polar surface area (TPSA) is 12.9 Å². The number of hydrogen-bond donors (Lipinski definition) is 0. The molecule has 0 amide bonds. The summed E-state index contributed by atoms with van der Waals surface area (Å²) in [5.41, 5.74) is 2.24. The highest BCUT2D eigenvalue weighted by molar-refractivity contribution is 8.01. The first-order valence-corrected chi connectivity index (χ1v) is 7.36. The van der Waals surface area contributed by atoms with E-state index in [1.54, 1.807) is 23.1 Å². The van der Waals surface area contributed by atoms with Crippen molar-refractivity contribution in [2.24, 2.45) is 0 Å². The lowest BCUT2D eigenvalue weighted by atomic mass is 10.2. The molecule has 0 N–H and O–H groups in total. The molecular weight excluding hydrogens is 258 g/mol. The second-order valence-corrected chi connectivity index (χ2v) is 6.20. The van der Waals surface area contributed by atoms with E-state index in [4.69, 9.17) is 0 Å². The smallest absolute Gasteiger partial charge is 0.155 e. The molecule has 0 aliphatic carbocycles. The lowest BCUT2D eigenvalue weighted by molar-refractivity contribution is 1.22. The third-order valence-corrected chi connectivity index (χ3v) is 4.50. The van der Waals surface area contributed by atoms with Gasteiger partial charge in [-0.15, -0.1) is 11.3 Å². The Kier molecular flexibility index (Phi) is 4.39. The molecule has 0 atom stereocenters. The minimum Gasteiger partial charge on any atom is -0.229 e. The molecule has 3 heteroatoms. The van der Waals surface area contributed by atoms with Crippen molar-refractivity contribution in [1.29, 1.82) is 0 Å². The van der Waals surface area contributed by atoms with Gasteiger partial charge in [-0.25, -0.2) is 4.98 Å². The van der Waals surface area contributed by atoms with Crippen molar-refractivity contribution in [2.75, 3.05) is 0 Å². The quantitative estimate of drug-likeness (QED) is 0.751. The molecule has 0 fully saturated rings. The lowest BCUT2D eigenvalue weighted by Crippen LogP contribution is -1.76. The first kappa shape index (κ1) is 13.1. The first-order valence-electron chi connectivity index (χ1n) is 5.73. The van der Waals surface area contributed by atoms with E-state index in [1.807, 2.05) is 19.1 Å². The minimum absolute atomic E-state index is 0.965. The van der Waals surface area contributed by atoms with E-state index in [0.717, 1.165) is 10.0 Å². The highest BCUT2D eigenvalue weighted by Gasteiger charge is 2.07. The van der Waals surface area contributed by atoms with E-state index in [-0.39, 0.29) is 0 Å². The highest BCUT2D eigenvalue weighted by atomic mass is 32.2. The molecule has 92 valence electrons. The molecule has 0 aliphatic heterocycles. The average molecular weight is 273 g/mol. The Labute approximate surface area is 116 Å². The summed E-state index contributed by atoms with van der Waals surface area (Å²) < 4.78 is 1.06. The van der Waals surface area contributed by atoms with E-state index < -0.39 is 0 Å². The molecule has 0 saturated carbocycles. The molecule has 0 bridgehead atoms. The molecule has 18 heavy (non-hydrogen) atoms. The third-order valence-electron chi connectivity index (χ3n) is 2.40. The number of hydrogen-bond acceptors (Lipinski definition) is 3. The molecule has 0 spiro atoms. The normalized spacial score (nSPS) is 11.0. The molecule has 1 heterocycles. The number of rotatable bonds is 4. The van der Waals surface area contributed by atoms with Gasteiger partial charge in [-0.05, 0) is 38.1 Å². The Balaban J connectivity index is 2.24. The fourth-order valence-corrected chi connectivity index (χ4v) is 3.60. The van der Waals surface area contributed by atoms with E-state index in [0.29, 0.717) is 0 Å². The van der Waals surface area contributed by atoms with Gasteiger partial charge in [0.1, 0.15) is 0 Å². The van der Waals surface area contributed by atoms with Crippen LogP contribution in [0.2, 0.25) is 0 Å². The van der Waals surface area contributed by atoms with Crippen molar-refractivity contribution < 1.29 is 0 Å². The fourth-order valence-electron chi connectivity index (χ4n) is 1.49. The summed E-state index contributed by atoms with van der Waals surface area (Å²) in [5, 5.41) is 0. The van der Waals surface area contributed by atoms with Crippen LogP contribution in [0.15, 0.2) is 46.2 Å². The molecule has 0 saturated heterocycles. The Morgan fingerprint density at radius 2 is 2.00 bits per heavy atom. The Hall–Kier alpha value is -1.32. The first-order chi connectivity index (χ1) is 8.72. The monoisotopic (exact) mass is 273 g/mol. The second-order valence-electron chi connectivity index (χ2n) is 3.85. The van der Waals surface area contributed by atoms with Gasteiger partial charge in [0, 0.05) is 4.90 Å². The second kappa shape index (κ2) is 6.03. The number of thiazole rings is 1. The van der Waals surface area contributed by atoms with Crippen LogP contribution in [0.3, 0.4) is 0 Å². The summed E-state index contributed by atoms with van der Waals surface area (Å²) in [5.74, 6) is 0. The molecule has 0 aliphatic rings. The van der Waals surface area contributed by atoms with E-state index >= 15 is 0 Å². The number of allylic oxidation sites excluding steroid dienone is 1. The third kappa shape index (κ3) is 3.12. The largest absolute Gasteiger partial charge is 0.229 e. The fraction of sp³-hybridized carbons (Fsp3) is 0.133. The van der Waals surface area contributed by atoms with E-state index in [2.05, 4.69) is 48.8 Å². The maximum absolute atomic E-state index is 4.58. The van der Waals surface area contributed by atoms with Crippen LogP contribution in [0.5, 0.6) is 0 Å². The molecule has 1 nitrogen and oxygen atoms in total. The van der Waals surface area contributed by atoms with Crippen molar-refractivity contribution in [3.8, 4) is 0 Å². The van der Waals surface area contributed by atoms with Gasteiger partial charge < -0.3 is 0 Å². The van der Waals surface area contributed by atoms with Gasteiger partial charge in [-0.1, -0.05) is 42.1 Å². The SMILES string of the molecule is C=Cc1nc(Sc2ccc(C)cc2)sc1/C=C\C. The van der Waals surface area contributed by atoms with Crippen LogP contribution in [0.4, 0.5) is 0 Å². The van der Waals surface area contributed by atoms with Gasteiger partial charge in [0.05, 0.1) is 10.6 Å². The molecule has 1 aromatic carbocycles. The lowest BCUT2D eigenvalue weighted by Gasteiger charge is -1.97. The van der Waals surface area contributed by atoms with Crippen molar-refractivity contribution >= 4 is 35.3 Å². The maximum atomic E-state index is 4.58. The maximum Gasteiger partial charge on any atom is 0.155 e. The average Bonchev–Trinajstić information content (AvgIpc) is 2.75. The summed E-state index contributed by atoms with van der Waals surface area (Å²) in [6.07, 6.45) is 5.92. The van der Waals surface area contributed by atoms with Crippen molar-refractivity contribution in [3.05, 3.63) is 53.1 Å². The van der Waals surface area contributed by atoms with Crippen molar-refractivity contribution in [2.45, 2.75) is 23.1 Å². The van der Waals surface area contributed by atoms with Crippen LogP contribution in [0.25, 0.3) is 12.2 Å². The zero-order valence-electron chi connectivity index (χ0n) is 10.5. The summed E-state index contributed by atoms with van der Waals surface area (Å²) in [4.78, 5) is 6.97. The highest BCUT2D eigenvalue weighted by Crippen LogP contribution is 2.34. The van der Waals surface area contributed by atoms with Crippen molar-refractivity contribution in [1.82, 2.24) is 4.98 Å². The van der Waals surface area contributed by atoms with Crippen LogP contribution in [0.1, 0.15) is 23.1 Å². The molecule has 1 aromatic heterocycles. The zero-order valence-corrected chi connectivity index (χ0v) is 12.1. The summed E-state index contributed by atoms with van der Waals surface area (Å²) in [6.45, 7) is 7.92.